The van der Waals surface area contributed by atoms with Gasteiger partial charge in [0.2, 0.25) is 0 Å². The van der Waals surface area contributed by atoms with E-state index in [1.807, 2.05) is 28.3 Å². The molecular weight excluding hydrogens is 447 g/mol. The molecule has 1 aliphatic carbocycles. The molecule has 0 bridgehead atoms. The first-order valence-corrected chi connectivity index (χ1v) is 12.0. The SMILES string of the molecule is COc1cc(C(=O)OC(C)C)cc2nc(-c3cc4ccc([C@@H](C)N)c(F)c4n3CC3CC3)n(C)c12. The first-order chi connectivity index (χ1) is 16.7. The van der Waals surface area contributed by atoms with Gasteiger partial charge in [-0.3, -0.25) is 0 Å². The van der Waals surface area contributed by atoms with Gasteiger partial charge in [-0.2, -0.15) is 0 Å². The summed E-state index contributed by atoms with van der Waals surface area (Å²) in [4.78, 5) is 17.5. The lowest BCUT2D eigenvalue weighted by Gasteiger charge is -2.13. The van der Waals surface area contributed by atoms with E-state index in [-0.39, 0.29) is 11.9 Å². The highest BCUT2D eigenvalue weighted by atomic mass is 19.1. The number of rotatable bonds is 7. The fraction of sp³-hybridized carbons (Fsp3) is 0.407. The van der Waals surface area contributed by atoms with Gasteiger partial charge in [-0.05, 0) is 57.7 Å². The quantitative estimate of drug-likeness (QED) is 0.363. The maximum atomic E-state index is 15.7. The summed E-state index contributed by atoms with van der Waals surface area (Å²) >= 11 is 0. The zero-order chi connectivity index (χ0) is 25.0. The molecule has 2 aromatic carbocycles. The van der Waals surface area contributed by atoms with Gasteiger partial charge in [0.1, 0.15) is 11.3 Å². The molecule has 1 aliphatic rings. The Hall–Kier alpha value is -3.39. The summed E-state index contributed by atoms with van der Waals surface area (Å²) in [5, 5.41) is 0.808. The number of carbonyl (C=O) groups is 1. The third-order valence-electron chi connectivity index (χ3n) is 6.62. The molecule has 0 aliphatic heterocycles. The number of ether oxygens (including phenoxy) is 2. The standard InChI is InChI=1S/C27H31FN4O3/c1-14(2)35-27(33)18-10-20-25(22(12-18)34-5)31(4)26(30-20)21-11-17-8-9-19(15(3)29)23(28)24(17)32(21)13-16-6-7-16/h8-12,14-16H,6-7,13,29H2,1-5H3/t15-/m1/s1. The van der Waals surface area contributed by atoms with E-state index in [1.165, 1.54) is 0 Å². The van der Waals surface area contributed by atoms with Crippen LogP contribution in [0.3, 0.4) is 0 Å². The molecule has 2 heterocycles. The van der Waals surface area contributed by atoms with Crippen LogP contribution in [0.15, 0.2) is 30.3 Å². The maximum absolute atomic E-state index is 15.7. The van der Waals surface area contributed by atoms with E-state index in [4.69, 9.17) is 20.2 Å². The number of hydrogen-bond donors (Lipinski definition) is 1. The van der Waals surface area contributed by atoms with Gasteiger partial charge in [-0.1, -0.05) is 12.1 Å². The lowest BCUT2D eigenvalue weighted by molar-refractivity contribution is 0.0377. The van der Waals surface area contributed by atoms with Crippen LogP contribution in [0.1, 0.15) is 55.6 Å². The number of benzene rings is 2. The molecule has 35 heavy (non-hydrogen) atoms. The van der Waals surface area contributed by atoms with Crippen molar-refractivity contribution in [1.82, 2.24) is 14.1 Å². The number of aryl methyl sites for hydroxylation is 1. The van der Waals surface area contributed by atoms with Crippen LogP contribution in [-0.4, -0.2) is 33.3 Å². The minimum absolute atomic E-state index is 0.238. The van der Waals surface area contributed by atoms with E-state index in [2.05, 4.69) is 0 Å². The highest BCUT2D eigenvalue weighted by Crippen LogP contribution is 2.39. The highest BCUT2D eigenvalue weighted by Gasteiger charge is 2.28. The second-order valence-electron chi connectivity index (χ2n) is 9.77. The molecular formula is C27H31FN4O3. The Bertz CT molecular complexity index is 1450. The third-order valence-corrected chi connectivity index (χ3v) is 6.62. The van der Waals surface area contributed by atoms with Gasteiger partial charge >= 0.3 is 5.97 Å². The van der Waals surface area contributed by atoms with Crippen LogP contribution in [0, 0.1) is 11.7 Å². The summed E-state index contributed by atoms with van der Waals surface area (Å²) in [7, 11) is 3.47. The number of esters is 1. The maximum Gasteiger partial charge on any atom is 0.338 e. The Morgan fingerprint density at radius 3 is 2.57 bits per heavy atom. The second kappa shape index (κ2) is 8.68. The van der Waals surface area contributed by atoms with Gasteiger partial charge in [0, 0.05) is 30.6 Å². The van der Waals surface area contributed by atoms with Crippen LogP contribution < -0.4 is 10.5 Å². The third kappa shape index (κ3) is 4.05. The van der Waals surface area contributed by atoms with Gasteiger partial charge in [0.15, 0.2) is 11.6 Å². The van der Waals surface area contributed by atoms with Crippen LogP contribution >= 0.6 is 0 Å². The van der Waals surface area contributed by atoms with E-state index >= 15 is 4.39 Å². The number of halogens is 1. The van der Waals surface area contributed by atoms with Crippen LogP contribution in [0.2, 0.25) is 0 Å². The molecule has 0 unspecified atom stereocenters. The summed E-state index contributed by atoms with van der Waals surface area (Å²) in [5.41, 5.74) is 9.66. The van der Waals surface area contributed by atoms with Crippen LogP contribution in [-0.2, 0) is 18.3 Å². The summed E-state index contributed by atoms with van der Waals surface area (Å²) in [6.07, 6.45) is 2.02. The Labute approximate surface area is 203 Å². The predicted octanol–water partition coefficient (Wildman–Crippen LogP) is 5.34. The van der Waals surface area contributed by atoms with Crippen molar-refractivity contribution >= 4 is 27.9 Å². The molecule has 1 saturated carbocycles. The van der Waals surface area contributed by atoms with E-state index in [0.717, 1.165) is 29.4 Å². The molecule has 2 N–H and O–H groups in total. The molecule has 0 spiro atoms. The van der Waals surface area contributed by atoms with Gasteiger partial charge in [0.25, 0.3) is 0 Å². The fourth-order valence-electron chi connectivity index (χ4n) is 4.71. The van der Waals surface area contributed by atoms with Crippen molar-refractivity contribution in [3.8, 4) is 17.3 Å². The lowest BCUT2D eigenvalue weighted by atomic mass is 10.1. The predicted molar refractivity (Wildman–Crippen MR) is 134 cm³/mol. The Kier molecular flexibility index (Phi) is 5.79. The Balaban J connectivity index is 1.73. The molecule has 184 valence electrons. The monoisotopic (exact) mass is 478 g/mol. The number of imidazole rings is 1. The van der Waals surface area contributed by atoms with Gasteiger partial charge in [-0.25, -0.2) is 14.2 Å². The van der Waals surface area contributed by atoms with Crippen molar-refractivity contribution in [2.75, 3.05) is 7.11 Å². The van der Waals surface area contributed by atoms with Gasteiger partial charge < -0.3 is 24.3 Å². The number of fused-ring (bicyclic) bond motifs is 2. The topological polar surface area (TPSA) is 84.3 Å². The molecule has 7 nitrogen and oxygen atoms in total. The van der Waals surface area contributed by atoms with Crippen LogP contribution in [0.4, 0.5) is 4.39 Å². The van der Waals surface area contributed by atoms with Crippen LogP contribution in [0.25, 0.3) is 33.5 Å². The molecule has 0 saturated heterocycles. The molecule has 0 radical (unpaired) electrons. The molecule has 5 rings (SSSR count). The largest absolute Gasteiger partial charge is 0.494 e. The van der Waals surface area contributed by atoms with Gasteiger partial charge in [0.05, 0.1) is 35.5 Å². The van der Waals surface area contributed by atoms with Crippen molar-refractivity contribution in [2.24, 2.45) is 18.7 Å². The number of methoxy groups -OCH3 is 1. The fourth-order valence-corrected chi connectivity index (χ4v) is 4.71. The molecule has 8 heteroatoms. The first-order valence-electron chi connectivity index (χ1n) is 12.0. The zero-order valence-corrected chi connectivity index (χ0v) is 20.8. The number of hydrogen-bond acceptors (Lipinski definition) is 5. The second-order valence-corrected chi connectivity index (χ2v) is 9.77. The summed E-state index contributed by atoms with van der Waals surface area (Å²) in [5.74, 6) is 1.01. The smallest absolute Gasteiger partial charge is 0.338 e. The van der Waals surface area contributed by atoms with Crippen molar-refractivity contribution in [3.05, 3.63) is 47.3 Å². The number of nitrogens with two attached hydrogens (primary N) is 1. The van der Waals surface area contributed by atoms with Crippen LogP contribution in [0.5, 0.6) is 5.75 Å². The lowest BCUT2D eigenvalue weighted by Crippen LogP contribution is -2.11. The van der Waals surface area contributed by atoms with Crippen molar-refractivity contribution < 1.29 is 18.7 Å². The molecule has 0 amide bonds. The zero-order valence-electron chi connectivity index (χ0n) is 20.8. The van der Waals surface area contributed by atoms with Crippen molar-refractivity contribution in [3.63, 3.8) is 0 Å². The minimum atomic E-state index is -0.430. The molecule has 1 atom stereocenters. The molecule has 4 aromatic rings. The molecule has 1 fully saturated rings. The first kappa shape index (κ1) is 23.4. The summed E-state index contributed by atoms with van der Waals surface area (Å²) in [6, 6.07) is 8.65. The van der Waals surface area contributed by atoms with E-state index in [9.17, 15) is 4.79 Å². The minimum Gasteiger partial charge on any atom is -0.494 e. The van der Waals surface area contributed by atoms with E-state index in [1.54, 1.807) is 46.1 Å². The Morgan fingerprint density at radius 2 is 1.94 bits per heavy atom. The summed E-state index contributed by atoms with van der Waals surface area (Å²) in [6.45, 7) is 6.12. The number of carbonyl (C=O) groups excluding carboxylic acids is 1. The Morgan fingerprint density at radius 1 is 1.20 bits per heavy atom. The van der Waals surface area contributed by atoms with Crippen molar-refractivity contribution in [1.29, 1.82) is 0 Å². The average Bonchev–Trinajstić information content (AvgIpc) is 3.46. The van der Waals surface area contributed by atoms with E-state index in [0.29, 0.717) is 46.2 Å². The number of nitrogens with zero attached hydrogens (tertiary/aromatic N) is 3. The normalized spacial score (nSPS) is 14.7. The highest BCUT2D eigenvalue weighted by molar-refractivity contribution is 5.97. The molecule has 2 aromatic heterocycles. The van der Waals surface area contributed by atoms with Gasteiger partial charge in [-0.15, -0.1) is 0 Å². The van der Waals surface area contributed by atoms with E-state index < -0.39 is 12.0 Å². The summed E-state index contributed by atoms with van der Waals surface area (Å²) < 4.78 is 30.6. The average molecular weight is 479 g/mol. The van der Waals surface area contributed by atoms with Crippen molar-refractivity contribution in [2.45, 2.75) is 52.3 Å². The number of aromatic nitrogens is 3.